The molecule has 0 unspecified atom stereocenters. The van der Waals surface area contributed by atoms with Crippen LogP contribution in [-0.2, 0) is 14.3 Å². The second-order valence-corrected chi connectivity index (χ2v) is 5.85. The molecule has 1 aromatic heterocycles. The molecule has 0 aliphatic heterocycles. The van der Waals surface area contributed by atoms with Gasteiger partial charge in [0.1, 0.15) is 16.9 Å². The van der Waals surface area contributed by atoms with Crippen LogP contribution in [0.5, 0.6) is 0 Å². The van der Waals surface area contributed by atoms with Gasteiger partial charge in [-0.1, -0.05) is 0 Å². The number of rotatable bonds is 8. The largest absolute Gasteiger partial charge is 0.462 e. The fraction of sp³-hybridized carbons (Fsp3) is 0.250. The van der Waals surface area contributed by atoms with Crippen LogP contribution in [0.2, 0.25) is 0 Å². The number of aryl methyl sites for hydroxylation is 1. The number of benzene rings is 1. The molecule has 0 radical (unpaired) electrons. The average molecular weight is 416 g/mol. The van der Waals surface area contributed by atoms with Gasteiger partial charge in [0.15, 0.2) is 0 Å². The van der Waals surface area contributed by atoms with Crippen LogP contribution in [0.3, 0.4) is 0 Å². The summed E-state index contributed by atoms with van der Waals surface area (Å²) in [5.74, 6) is -2.42. The molecule has 2 rings (SSSR count). The third kappa shape index (κ3) is 5.31. The van der Waals surface area contributed by atoms with Crippen LogP contribution in [0.1, 0.15) is 45.9 Å². The third-order valence-corrected chi connectivity index (χ3v) is 3.81. The quantitative estimate of drug-likeness (QED) is 0.299. The summed E-state index contributed by atoms with van der Waals surface area (Å²) in [5.41, 5.74) is 0.118. The van der Waals surface area contributed by atoms with Crippen molar-refractivity contribution < 1.29 is 33.2 Å². The number of non-ortho nitro benzene ring substituents is 1. The predicted molar refractivity (Wildman–Crippen MR) is 106 cm³/mol. The van der Waals surface area contributed by atoms with Crippen molar-refractivity contribution >= 4 is 35.5 Å². The third-order valence-electron chi connectivity index (χ3n) is 3.81. The van der Waals surface area contributed by atoms with Crippen LogP contribution in [0, 0.1) is 17.0 Å². The smallest absolute Gasteiger partial charge is 0.344 e. The summed E-state index contributed by atoms with van der Waals surface area (Å²) in [4.78, 5) is 47.0. The second-order valence-electron chi connectivity index (χ2n) is 5.85. The van der Waals surface area contributed by atoms with E-state index in [2.05, 4.69) is 5.32 Å². The number of hydrogen-bond donors (Lipinski definition) is 1. The number of anilines is 1. The minimum Gasteiger partial charge on any atom is -0.462 e. The van der Waals surface area contributed by atoms with Crippen LogP contribution in [0.4, 0.5) is 11.6 Å². The van der Waals surface area contributed by atoms with E-state index < -0.39 is 22.8 Å². The average Bonchev–Trinajstić information content (AvgIpc) is 3.02. The molecule has 0 saturated carbocycles. The molecule has 10 nitrogen and oxygen atoms in total. The van der Waals surface area contributed by atoms with E-state index in [-0.39, 0.29) is 41.7 Å². The van der Waals surface area contributed by atoms with Crippen molar-refractivity contribution in [3.05, 3.63) is 62.9 Å². The maximum atomic E-state index is 12.3. The van der Waals surface area contributed by atoms with Gasteiger partial charge in [-0.2, -0.15) is 0 Å². The molecule has 1 N–H and O–H groups in total. The highest BCUT2D eigenvalue weighted by Gasteiger charge is 2.31. The number of nitrogens with one attached hydrogen (secondary N) is 1. The van der Waals surface area contributed by atoms with Crippen molar-refractivity contribution in [1.29, 1.82) is 0 Å². The molecule has 0 bridgehead atoms. The molecule has 10 heteroatoms. The first-order valence-corrected chi connectivity index (χ1v) is 8.99. The molecule has 0 aliphatic carbocycles. The number of ether oxygens (including phenoxy) is 2. The summed E-state index contributed by atoms with van der Waals surface area (Å²) in [6.45, 7) is 4.81. The molecule has 1 heterocycles. The standard InChI is InChI=1S/C20H20N2O8/c1-4-28-19(24)16-12(3)30-18(17(16)20(25)29-5-2)21-15(23)11-8-13-6-9-14(10-7-13)22(26)27/h6-11H,4-5H2,1-3H3,(H,21,23)/b11-8+. The minimum absolute atomic E-state index is 0.0543. The molecule has 1 amide bonds. The van der Waals surface area contributed by atoms with E-state index >= 15 is 0 Å². The molecule has 0 spiro atoms. The summed E-state index contributed by atoms with van der Waals surface area (Å²) in [5, 5.41) is 13.1. The lowest BCUT2D eigenvalue weighted by atomic mass is 10.1. The Hall–Kier alpha value is -3.95. The lowest BCUT2D eigenvalue weighted by Crippen LogP contribution is -2.16. The molecular formula is C20H20N2O8. The lowest BCUT2D eigenvalue weighted by molar-refractivity contribution is -0.384. The first-order valence-electron chi connectivity index (χ1n) is 8.99. The van der Waals surface area contributed by atoms with Crippen LogP contribution in [-0.4, -0.2) is 36.0 Å². The van der Waals surface area contributed by atoms with Crippen molar-refractivity contribution in [3.63, 3.8) is 0 Å². The highest BCUT2D eigenvalue weighted by molar-refractivity contribution is 6.10. The zero-order chi connectivity index (χ0) is 22.3. The summed E-state index contributed by atoms with van der Waals surface area (Å²) >= 11 is 0. The molecule has 0 aliphatic rings. The molecule has 1 aromatic carbocycles. The zero-order valence-corrected chi connectivity index (χ0v) is 16.6. The highest BCUT2D eigenvalue weighted by atomic mass is 16.6. The van der Waals surface area contributed by atoms with Gasteiger partial charge >= 0.3 is 11.9 Å². The van der Waals surface area contributed by atoms with E-state index in [4.69, 9.17) is 13.9 Å². The Labute approximate surface area is 171 Å². The second kappa shape index (κ2) is 10.0. The van der Waals surface area contributed by atoms with E-state index in [9.17, 15) is 24.5 Å². The first kappa shape index (κ1) is 22.3. The zero-order valence-electron chi connectivity index (χ0n) is 16.6. The van der Waals surface area contributed by atoms with Gasteiger partial charge in [0.25, 0.3) is 11.6 Å². The Balaban J connectivity index is 2.26. The summed E-state index contributed by atoms with van der Waals surface area (Å²) in [7, 11) is 0. The van der Waals surface area contributed by atoms with Crippen molar-refractivity contribution in [2.24, 2.45) is 0 Å². The maximum Gasteiger partial charge on any atom is 0.344 e. The predicted octanol–water partition coefficient (Wildman–Crippen LogP) is 3.50. The van der Waals surface area contributed by atoms with Gasteiger partial charge in [0.2, 0.25) is 5.88 Å². The molecule has 0 saturated heterocycles. The van der Waals surface area contributed by atoms with E-state index in [0.29, 0.717) is 5.56 Å². The van der Waals surface area contributed by atoms with Gasteiger partial charge in [0.05, 0.1) is 18.1 Å². The Morgan fingerprint density at radius 1 is 1.07 bits per heavy atom. The Kier molecular flexibility index (Phi) is 7.45. The van der Waals surface area contributed by atoms with E-state index in [0.717, 1.165) is 6.08 Å². The number of carbonyl (C=O) groups is 3. The SMILES string of the molecule is CCOC(=O)c1c(C)oc(NC(=O)/C=C/c2ccc([N+](=O)[O-])cc2)c1C(=O)OCC. The number of hydrogen-bond acceptors (Lipinski definition) is 8. The van der Waals surface area contributed by atoms with Crippen LogP contribution in [0.25, 0.3) is 6.08 Å². The van der Waals surface area contributed by atoms with Gasteiger partial charge in [0, 0.05) is 18.2 Å². The molecule has 30 heavy (non-hydrogen) atoms. The van der Waals surface area contributed by atoms with Gasteiger partial charge < -0.3 is 13.9 Å². The number of nitrogens with zero attached hydrogens (tertiary/aromatic N) is 1. The van der Waals surface area contributed by atoms with Gasteiger partial charge in [-0.15, -0.1) is 0 Å². The first-order chi connectivity index (χ1) is 14.3. The number of furan rings is 1. The van der Waals surface area contributed by atoms with Crippen molar-refractivity contribution in [3.8, 4) is 0 Å². The fourth-order valence-electron chi connectivity index (χ4n) is 2.51. The number of nitro benzene ring substituents is 1. The van der Waals surface area contributed by atoms with Crippen LogP contribution < -0.4 is 5.32 Å². The van der Waals surface area contributed by atoms with E-state index in [1.807, 2.05) is 0 Å². The fourth-order valence-corrected chi connectivity index (χ4v) is 2.51. The highest BCUT2D eigenvalue weighted by Crippen LogP contribution is 2.29. The van der Waals surface area contributed by atoms with Gasteiger partial charge in [-0.25, -0.2) is 9.59 Å². The summed E-state index contributed by atoms with van der Waals surface area (Å²) in [6, 6.07) is 5.56. The Bertz CT molecular complexity index is 989. The normalized spacial score (nSPS) is 10.6. The van der Waals surface area contributed by atoms with Crippen molar-refractivity contribution in [1.82, 2.24) is 0 Å². The topological polar surface area (TPSA) is 138 Å². The lowest BCUT2D eigenvalue weighted by Gasteiger charge is -2.06. The van der Waals surface area contributed by atoms with Gasteiger partial charge in [-0.3, -0.25) is 20.2 Å². The molecule has 0 atom stereocenters. The Morgan fingerprint density at radius 2 is 1.63 bits per heavy atom. The van der Waals surface area contributed by atoms with Crippen molar-refractivity contribution in [2.75, 3.05) is 18.5 Å². The monoisotopic (exact) mass is 416 g/mol. The molecule has 0 fully saturated rings. The number of amides is 1. The number of nitro groups is 1. The summed E-state index contributed by atoms with van der Waals surface area (Å²) in [6.07, 6.45) is 2.57. The minimum atomic E-state index is -0.841. The molecule has 158 valence electrons. The van der Waals surface area contributed by atoms with Crippen LogP contribution in [0.15, 0.2) is 34.8 Å². The number of esters is 2. The van der Waals surface area contributed by atoms with Crippen molar-refractivity contribution in [2.45, 2.75) is 20.8 Å². The van der Waals surface area contributed by atoms with Gasteiger partial charge in [-0.05, 0) is 44.5 Å². The molecule has 2 aromatic rings. The molecular weight excluding hydrogens is 396 g/mol. The van der Waals surface area contributed by atoms with E-state index in [1.165, 1.54) is 37.3 Å². The van der Waals surface area contributed by atoms with E-state index in [1.54, 1.807) is 13.8 Å². The maximum absolute atomic E-state index is 12.3. The van der Waals surface area contributed by atoms with Crippen LogP contribution >= 0.6 is 0 Å². The summed E-state index contributed by atoms with van der Waals surface area (Å²) < 4.78 is 15.3. The number of carbonyl (C=O) groups excluding carboxylic acids is 3. The Morgan fingerprint density at radius 3 is 2.17 bits per heavy atom.